The first kappa shape index (κ1) is 18.2. The van der Waals surface area contributed by atoms with Crippen LogP contribution >= 0.6 is 34.3 Å². The third-order valence-electron chi connectivity index (χ3n) is 3.96. The van der Waals surface area contributed by atoms with E-state index in [0.717, 1.165) is 24.0 Å². The van der Waals surface area contributed by atoms with Crippen molar-refractivity contribution in [3.63, 3.8) is 0 Å². The predicted octanol–water partition coefficient (Wildman–Crippen LogP) is 3.60. The van der Waals surface area contributed by atoms with Gasteiger partial charge < -0.3 is 9.64 Å². The van der Waals surface area contributed by atoms with Gasteiger partial charge in [-0.15, -0.1) is 22.7 Å². The molecule has 1 aliphatic heterocycles. The number of urea groups is 1. The molecule has 1 fully saturated rings. The first-order valence-corrected chi connectivity index (χ1v) is 9.82. The summed E-state index contributed by atoms with van der Waals surface area (Å²) in [5.41, 5.74) is 0.383. The molecule has 3 rings (SSSR count). The van der Waals surface area contributed by atoms with Crippen molar-refractivity contribution in [3.05, 3.63) is 38.4 Å². The molecule has 1 aliphatic rings. The summed E-state index contributed by atoms with van der Waals surface area (Å²) in [5.74, 6) is -0.448. The number of methoxy groups -OCH3 is 1. The van der Waals surface area contributed by atoms with Crippen LogP contribution in [0.3, 0.4) is 0 Å². The molecule has 6 nitrogen and oxygen atoms in total. The second kappa shape index (κ2) is 8.18. The Bertz CT molecular complexity index is 753. The van der Waals surface area contributed by atoms with Gasteiger partial charge in [-0.05, 0) is 23.6 Å². The Morgan fingerprint density at radius 3 is 2.64 bits per heavy atom. The van der Waals surface area contributed by atoms with Crippen LogP contribution in [0.5, 0.6) is 0 Å². The third kappa shape index (κ3) is 4.52. The van der Waals surface area contributed by atoms with Crippen molar-refractivity contribution >= 4 is 51.3 Å². The Balaban J connectivity index is 1.52. The van der Waals surface area contributed by atoms with Crippen LogP contribution in [0.25, 0.3) is 0 Å². The van der Waals surface area contributed by atoms with Crippen molar-refractivity contribution in [3.8, 4) is 0 Å². The van der Waals surface area contributed by atoms with E-state index in [1.54, 1.807) is 27.7 Å². The molecule has 0 unspecified atom stereocenters. The first-order chi connectivity index (χ1) is 12.1. The summed E-state index contributed by atoms with van der Waals surface area (Å²) in [4.78, 5) is 29.4. The Labute approximate surface area is 158 Å². The Hall–Kier alpha value is -1.61. The summed E-state index contributed by atoms with van der Waals surface area (Å²) in [7, 11) is 1.32. The van der Waals surface area contributed by atoms with E-state index >= 15 is 0 Å². The number of anilines is 1. The lowest BCUT2D eigenvalue weighted by Gasteiger charge is -2.34. The zero-order valence-electron chi connectivity index (χ0n) is 13.7. The Morgan fingerprint density at radius 2 is 2.00 bits per heavy atom. The molecule has 0 saturated carbocycles. The number of rotatable bonds is 4. The number of nitrogens with one attached hydrogen (secondary N) is 1. The van der Waals surface area contributed by atoms with Gasteiger partial charge in [0.25, 0.3) is 0 Å². The van der Waals surface area contributed by atoms with Crippen LogP contribution in [-0.2, 0) is 11.3 Å². The minimum atomic E-state index is -0.448. The smallest absolute Gasteiger partial charge is 0.340 e. The maximum Gasteiger partial charge on any atom is 0.340 e. The van der Waals surface area contributed by atoms with Gasteiger partial charge in [-0.3, -0.25) is 10.2 Å². The van der Waals surface area contributed by atoms with Crippen molar-refractivity contribution in [2.45, 2.75) is 6.54 Å². The lowest BCUT2D eigenvalue weighted by molar-refractivity contribution is 0.0602. The van der Waals surface area contributed by atoms with Crippen LogP contribution in [0.4, 0.5) is 9.80 Å². The molecule has 2 aromatic heterocycles. The van der Waals surface area contributed by atoms with E-state index in [0.29, 0.717) is 23.7 Å². The van der Waals surface area contributed by atoms with Crippen molar-refractivity contribution in [1.29, 1.82) is 0 Å². The van der Waals surface area contributed by atoms with E-state index in [9.17, 15) is 9.59 Å². The monoisotopic (exact) mass is 399 g/mol. The van der Waals surface area contributed by atoms with E-state index in [1.807, 2.05) is 12.1 Å². The molecule has 1 N–H and O–H groups in total. The van der Waals surface area contributed by atoms with Crippen LogP contribution in [-0.4, -0.2) is 55.1 Å². The number of nitrogens with zero attached hydrogens (tertiary/aromatic N) is 2. The number of piperazine rings is 1. The van der Waals surface area contributed by atoms with Crippen molar-refractivity contribution in [1.82, 2.24) is 9.80 Å². The summed E-state index contributed by atoms with van der Waals surface area (Å²) < 4.78 is 5.52. The molecule has 9 heteroatoms. The van der Waals surface area contributed by atoms with Crippen LogP contribution in [0.15, 0.2) is 23.6 Å². The van der Waals surface area contributed by atoms with Crippen LogP contribution < -0.4 is 5.32 Å². The van der Waals surface area contributed by atoms with Gasteiger partial charge in [0, 0.05) is 37.6 Å². The SMILES string of the molecule is COC(=O)c1ccsc1NC(=O)N1CCN(Cc2ccc(Cl)s2)CC1. The number of ether oxygens (including phenoxy) is 1. The molecular weight excluding hydrogens is 382 g/mol. The molecule has 0 atom stereocenters. The molecule has 134 valence electrons. The zero-order valence-corrected chi connectivity index (χ0v) is 16.0. The van der Waals surface area contributed by atoms with E-state index in [2.05, 4.69) is 10.2 Å². The van der Waals surface area contributed by atoms with Gasteiger partial charge in [0.15, 0.2) is 0 Å². The standard InChI is InChI=1S/C16H18ClN3O3S2/c1-23-15(21)12-4-9-24-14(12)18-16(22)20-7-5-19(6-8-20)10-11-2-3-13(17)25-11/h2-4,9H,5-8,10H2,1H3,(H,18,22). The molecule has 0 bridgehead atoms. The van der Waals surface area contributed by atoms with Crippen molar-refractivity contribution in [2.75, 3.05) is 38.6 Å². The minimum Gasteiger partial charge on any atom is -0.465 e. The highest BCUT2D eigenvalue weighted by Gasteiger charge is 2.23. The highest BCUT2D eigenvalue weighted by atomic mass is 35.5. The average molecular weight is 400 g/mol. The third-order valence-corrected chi connectivity index (χ3v) is 6.00. The van der Waals surface area contributed by atoms with Gasteiger partial charge in [0.2, 0.25) is 0 Å². The summed E-state index contributed by atoms with van der Waals surface area (Å²) in [6.07, 6.45) is 0. The maximum atomic E-state index is 12.4. The number of halogens is 1. The number of hydrogen-bond donors (Lipinski definition) is 1. The van der Waals surface area contributed by atoms with Crippen molar-refractivity contribution < 1.29 is 14.3 Å². The fraction of sp³-hybridized carbons (Fsp3) is 0.375. The minimum absolute atomic E-state index is 0.188. The fourth-order valence-electron chi connectivity index (χ4n) is 2.62. The molecule has 0 spiro atoms. The second-order valence-corrected chi connectivity index (χ2v) is 8.27. The van der Waals surface area contributed by atoms with Gasteiger partial charge in [-0.2, -0.15) is 0 Å². The number of carbonyl (C=O) groups excluding carboxylic acids is 2. The number of thiophene rings is 2. The average Bonchev–Trinajstić information content (AvgIpc) is 3.23. The molecule has 0 radical (unpaired) electrons. The number of carbonyl (C=O) groups is 2. The number of amides is 2. The number of hydrogen-bond acceptors (Lipinski definition) is 6. The molecule has 2 aromatic rings. The van der Waals surface area contributed by atoms with Gasteiger partial charge >= 0.3 is 12.0 Å². The predicted molar refractivity (Wildman–Crippen MR) is 101 cm³/mol. The molecule has 1 saturated heterocycles. The summed E-state index contributed by atoms with van der Waals surface area (Å²) in [6.45, 7) is 3.74. The Kier molecular flexibility index (Phi) is 5.95. The van der Waals surface area contributed by atoms with Crippen LogP contribution in [0.2, 0.25) is 4.34 Å². The molecule has 0 aliphatic carbocycles. The van der Waals surface area contributed by atoms with Gasteiger partial charge in [-0.1, -0.05) is 11.6 Å². The largest absolute Gasteiger partial charge is 0.465 e. The van der Waals surface area contributed by atoms with E-state index in [4.69, 9.17) is 16.3 Å². The fourth-order valence-corrected chi connectivity index (χ4v) is 4.51. The van der Waals surface area contributed by atoms with Crippen molar-refractivity contribution in [2.24, 2.45) is 0 Å². The second-order valence-electron chi connectivity index (χ2n) is 5.55. The van der Waals surface area contributed by atoms with Crippen LogP contribution in [0.1, 0.15) is 15.2 Å². The van der Waals surface area contributed by atoms with E-state index in [1.165, 1.54) is 23.3 Å². The molecular formula is C16H18ClN3O3S2. The van der Waals surface area contributed by atoms with E-state index < -0.39 is 5.97 Å². The summed E-state index contributed by atoms with van der Waals surface area (Å²) in [5, 5.41) is 5.09. The van der Waals surface area contributed by atoms with E-state index in [-0.39, 0.29) is 6.03 Å². The van der Waals surface area contributed by atoms with Crippen LogP contribution in [0, 0.1) is 0 Å². The summed E-state index contributed by atoms with van der Waals surface area (Å²) >= 11 is 8.86. The molecule has 25 heavy (non-hydrogen) atoms. The highest BCUT2D eigenvalue weighted by Crippen LogP contribution is 2.25. The Morgan fingerprint density at radius 1 is 1.24 bits per heavy atom. The maximum absolute atomic E-state index is 12.4. The molecule has 0 aromatic carbocycles. The highest BCUT2D eigenvalue weighted by molar-refractivity contribution is 7.16. The summed E-state index contributed by atoms with van der Waals surface area (Å²) in [6, 6.07) is 5.41. The lowest BCUT2D eigenvalue weighted by atomic mass is 10.3. The molecule has 2 amide bonds. The molecule has 3 heterocycles. The zero-order chi connectivity index (χ0) is 17.8. The first-order valence-electron chi connectivity index (χ1n) is 7.75. The van der Waals surface area contributed by atoms with Gasteiger partial charge in [0.1, 0.15) is 5.00 Å². The topological polar surface area (TPSA) is 61.9 Å². The van der Waals surface area contributed by atoms with Gasteiger partial charge in [0.05, 0.1) is 17.0 Å². The number of esters is 1. The normalized spacial score (nSPS) is 15.2. The quantitative estimate of drug-likeness (QED) is 0.798. The lowest BCUT2D eigenvalue weighted by Crippen LogP contribution is -2.49. The van der Waals surface area contributed by atoms with Gasteiger partial charge in [-0.25, -0.2) is 9.59 Å².